The first-order chi connectivity index (χ1) is 13.7. The van der Waals surface area contributed by atoms with Crippen LogP contribution in [0.25, 0.3) is 0 Å². The maximum Gasteiger partial charge on any atom is 0.317 e. The van der Waals surface area contributed by atoms with Gasteiger partial charge in [0.1, 0.15) is 11.6 Å². The molecule has 4 rings (SSSR count). The fourth-order valence-electron chi connectivity index (χ4n) is 3.80. The van der Waals surface area contributed by atoms with Crippen molar-refractivity contribution >= 4 is 17.5 Å². The fraction of sp³-hybridized carbons (Fsp3) is 0.429. The Morgan fingerprint density at radius 1 is 0.964 bits per heavy atom. The Morgan fingerprint density at radius 2 is 1.71 bits per heavy atom. The molecule has 2 aromatic rings. The molecule has 0 atom stereocenters. The van der Waals surface area contributed by atoms with Gasteiger partial charge in [0.25, 0.3) is 0 Å². The summed E-state index contributed by atoms with van der Waals surface area (Å²) < 4.78 is 13.9. The van der Waals surface area contributed by atoms with Gasteiger partial charge in [-0.2, -0.15) is 0 Å². The lowest BCUT2D eigenvalue weighted by Crippen LogP contribution is -2.51. The molecule has 2 amide bonds. The lowest BCUT2D eigenvalue weighted by atomic mass is 10.2. The molecule has 148 valence electrons. The molecule has 0 saturated carbocycles. The summed E-state index contributed by atoms with van der Waals surface area (Å²) in [5, 5.41) is 2.96. The lowest BCUT2D eigenvalue weighted by molar-refractivity contribution is 0.194. The van der Waals surface area contributed by atoms with Gasteiger partial charge in [0, 0.05) is 52.0 Å². The minimum Gasteiger partial charge on any atom is -0.366 e. The number of benzene rings is 1. The molecule has 2 aliphatic heterocycles. The van der Waals surface area contributed by atoms with E-state index in [1.165, 1.54) is 18.9 Å². The van der Waals surface area contributed by atoms with Gasteiger partial charge in [0.2, 0.25) is 0 Å². The third-order valence-corrected chi connectivity index (χ3v) is 5.44. The molecule has 1 aromatic carbocycles. The number of pyridine rings is 1. The van der Waals surface area contributed by atoms with Crippen molar-refractivity contribution < 1.29 is 9.18 Å². The zero-order chi connectivity index (χ0) is 19.3. The highest BCUT2D eigenvalue weighted by atomic mass is 19.1. The van der Waals surface area contributed by atoms with Crippen molar-refractivity contribution in [3.8, 4) is 0 Å². The summed E-state index contributed by atoms with van der Waals surface area (Å²) in [4.78, 5) is 23.0. The molecular weight excluding hydrogens is 357 g/mol. The summed E-state index contributed by atoms with van der Waals surface area (Å²) >= 11 is 0. The van der Waals surface area contributed by atoms with E-state index >= 15 is 0 Å². The zero-order valence-corrected chi connectivity index (χ0v) is 16.0. The van der Waals surface area contributed by atoms with Crippen LogP contribution in [-0.4, -0.2) is 55.2 Å². The van der Waals surface area contributed by atoms with E-state index in [0.29, 0.717) is 38.4 Å². The Bertz CT molecular complexity index is 799. The van der Waals surface area contributed by atoms with Crippen molar-refractivity contribution in [1.82, 2.24) is 15.2 Å². The molecule has 2 fully saturated rings. The number of halogens is 1. The summed E-state index contributed by atoms with van der Waals surface area (Å²) in [6.07, 6.45) is 4.29. The van der Waals surface area contributed by atoms with Gasteiger partial charge in [-0.15, -0.1) is 0 Å². The van der Waals surface area contributed by atoms with E-state index in [1.54, 1.807) is 17.0 Å². The van der Waals surface area contributed by atoms with Crippen LogP contribution in [0.4, 0.5) is 20.7 Å². The van der Waals surface area contributed by atoms with Crippen LogP contribution in [-0.2, 0) is 6.54 Å². The average Bonchev–Trinajstić information content (AvgIpc) is 3.28. The maximum absolute atomic E-state index is 13.9. The molecule has 7 heteroatoms. The number of urea groups is 1. The number of piperazine rings is 1. The second-order valence-electron chi connectivity index (χ2n) is 7.30. The van der Waals surface area contributed by atoms with E-state index in [9.17, 15) is 9.18 Å². The molecule has 2 saturated heterocycles. The Hall–Kier alpha value is -2.83. The van der Waals surface area contributed by atoms with Crippen LogP contribution in [0, 0.1) is 5.82 Å². The third kappa shape index (κ3) is 4.18. The van der Waals surface area contributed by atoms with Gasteiger partial charge in [0.05, 0.1) is 5.69 Å². The number of amides is 2. The number of hydrogen-bond donors (Lipinski definition) is 1. The number of aromatic nitrogens is 1. The number of para-hydroxylation sites is 1. The molecule has 2 aliphatic rings. The van der Waals surface area contributed by atoms with Gasteiger partial charge >= 0.3 is 6.03 Å². The standard InChI is InChI=1S/C21H26FN5O/c22-18-5-1-2-6-19(18)25-11-13-27(14-12-25)21(28)24-16-17-7-8-20(23-15-17)26-9-3-4-10-26/h1-2,5-8,15H,3-4,9-14,16H2,(H,24,28). The molecule has 6 nitrogen and oxygen atoms in total. The van der Waals surface area contributed by atoms with Crippen LogP contribution >= 0.6 is 0 Å². The molecule has 0 spiro atoms. The molecular formula is C21H26FN5O. The Labute approximate surface area is 165 Å². The van der Waals surface area contributed by atoms with Crippen LogP contribution < -0.4 is 15.1 Å². The molecule has 0 unspecified atom stereocenters. The van der Waals surface area contributed by atoms with Crippen molar-refractivity contribution in [2.75, 3.05) is 49.1 Å². The Kier molecular flexibility index (Phi) is 5.60. The molecule has 1 N–H and O–H groups in total. The number of hydrogen-bond acceptors (Lipinski definition) is 4. The van der Waals surface area contributed by atoms with Gasteiger partial charge < -0.3 is 20.0 Å². The predicted octanol–water partition coefficient (Wildman–Crippen LogP) is 2.85. The first-order valence-electron chi connectivity index (χ1n) is 9.93. The molecule has 1 aromatic heterocycles. The second-order valence-corrected chi connectivity index (χ2v) is 7.30. The zero-order valence-electron chi connectivity index (χ0n) is 16.0. The van der Waals surface area contributed by atoms with Crippen molar-refractivity contribution in [2.24, 2.45) is 0 Å². The minimum absolute atomic E-state index is 0.0863. The van der Waals surface area contributed by atoms with E-state index in [1.807, 2.05) is 29.3 Å². The molecule has 0 bridgehead atoms. The van der Waals surface area contributed by atoms with Gasteiger partial charge in [0.15, 0.2) is 0 Å². The first-order valence-corrected chi connectivity index (χ1v) is 9.93. The predicted molar refractivity (Wildman–Crippen MR) is 108 cm³/mol. The van der Waals surface area contributed by atoms with Crippen molar-refractivity contribution in [3.63, 3.8) is 0 Å². The highest BCUT2D eigenvalue weighted by molar-refractivity contribution is 5.74. The number of rotatable bonds is 4. The Balaban J connectivity index is 1.25. The number of anilines is 2. The maximum atomic E-state index is 13.9. The number of nitrogens with one attached hydrogen (secondary N) is 1. The van der Waals surface area contributed by atoms with E-state index < -0.39 is 0 Å². The normalized spacial score (nSPS) is 17.1. The number of carbonyl (C=O) groups is 1. The van der Waals surface area contributed by atoms with E-state index in [2.05, 4.69) is 15.2 Å². The minimum atomic E-state index is -0.217. The summed E-state index contributed by atoms with van der Waals surface area (Å²) in [7, 11) is 0. The van der Waals surface area contributed by atoms with E-state index in [0.717, 1.165) is 24.5 Å². The van der Waals surface area contributed by atoms with Gasteiger partial charge in [-0.05, 0) is 36.6 Å². The highest BCUT2D eigenvalue weighted by Crippen LogP contribution is 2.20. The Morgan fingerprint density at radius 3 is 2.39 bits per heavy atom. The second kappa shape index (κ2) is 8.46. The summed E-state index contributed by atoms with van der Waals surface area (Å²) in [6.45, 7) is 5.00. The molecule has 3 heterocycles. The smallest absolute Gasteiger partial charge is 0.317 e. The quantitative estimate of drug-likeness (QED) is 0.882. The molecule has 0 radical (unpaired) electrons. The topological polar surface area (TPSA) is 51.7 Å². The van der Waals surface area contributed by atoms with Crippen LogP contribution in [0.15, 0.2) is 42.6 Å². The van der Waals surface area contributed by atoms with E-state index in [4.69, 9.17) is 0 Å². The van der Waals surface area contributed by atoms with Crippen molar-refractivity contribution in [1.29, 1.82) is 0 Å². The monoisotopic (exact) mass is 383 g/mol. The number of nitrogens with zero attached hydrogens (tertiary/aromatic N) is 4. The molecule has 0 aliphatic carbocycles. The highest BCUT2D eigenvalue weighted by Gasteiger charge is 2.22. The van der Waals surface area contributed by atoms with E-state index in [-0.39, 0.29) is 11.8 Å². The lowest BCUT2D eigenvalue weighted by Gasteiger charge is -2.36. The number of carbonyl (C=O) groups excluding carboxylic acids is 1. The summed E-state index contributed by atoms with van der Waals surface area (Å²) in [5.74, 6) is 0.794. The van der Waals surface area contributed by atoms with Gasteiger partial charge in [-0.25, -0.2) is 14.2 Å². The fourth-order valence-corrected chi connectivity index (χ4v) is 3.80. The average molecular weight is 383 g/mol. The van der Waals surface area contributed by atoms with Crippen LogP contribution in [0.2, 0.25) is 0 Å². The summed E-state index contributed by atoms with van der Waals surface area (Å²) in [5.41, 5.74) is 1.59. The first kappa shape index (κ1) is 18.5. The van der Waals surface area contributed by atoms with Crippen molar-refractivity contribution in [3.05, 3.63) is 54.0 Å². The SMILES string of the molecule is O=C(NCc1ccc(N2CCCC2)nc1)N1CCN(c2ccccc2F)CC1. The van der Waals surface area contributed by atoms with Crippen LogP contribution in [0.1, 0.15) is 18.4 Å². The van der Waals surface area contributed by atoms with Crippen LogP contribution in [0.5, 0.6) is 0 Å². The largest absolute Gasteiger partial charge is 0.366 e. The summed E-state index contributed by atoms with van der Waals surface area (Å²) in [6, 6.07) is 10.7. The molecule has 28 heavy (non-hydrogen) atoms. The third-order valence-electron chi connectivity index (χ3n) is 5.44. The van der Waals surface area contributed by atoms with Crippen LogP contribution in [0.3, 0.4) is 0 Å². The van der Waals surface area contributed by atoms with Gasteiger partial charge in [-0.1, -0.05) is 18.2 Å². The van der Waals surface area contributed by atoms with Crippen molar-refractivity contribution in [2.45, 2.75) is 19.4 Å². The van der Waals surface area contributed by atoms with Gasteiger partial charge in [-0.3, -0.25) is 0 Å².